The molecule has 4 heteroatoms. The molecule has 2 aliphatic rings. The molecule has 2 heterocycles. The average molecular weight is 269 g/mol. The third-order valence-electron chi connectivity index (χ3n) is 5.56. The molecule has 0 bridgehead atoms. The highest BCUT2D eigenvalue weighted by molar-refractivity contribution is 5.02. The van der Waals surface area contributed by atoms with Crippen LogP contribution in [0.4, 0.5) is 0 Å². The summed E-state index contributed by atoms with van der Waals surface area (Å²) in [5, 5.41) is 0. The number of methoxy groups -OCH3 is 1. The molecule has 2 N–H and O–H groups in total. The van der Waals surface area contributed by atoms with Crippen molar-refractivity contribution in [3.63, 3.8) is 0 Å². The van der Waals surface area contributed by atoms with Gasteiger partial charge in [-0.15, -0.1) is 0 Å². The molecule has 4 nitrogen and oxygen atoms in total. The minimum atomic E-state index is 0.00695. The predicted octanol–water partition coefficient (Wildman–Crippen LogP) is 1.30. The average Bonchev–Trinajstić information content (AvgIpc) is 2.42. The van der Waals surface area contributed by atoms with Gasteiger partial charge < -0.3 is 15.4 Å². The molecule has 0 aromatic rings. The maximum absolute atomic E-state index is 6.21. The van der Waals surface area contributed by atoms with Crippen molar-refractivity contribution in [2.45, 2.75) is 56.7 Å². The highest BCUT2D eigenvalue weighted by atomic mass is 16.5. The lowest BCUT2D eigenvalue weighted by molar-refractivity contribution is -0.0951. The van der Waals surface area contributed by atoms with Gasteiger partial charge in [0.25, 0.3) is 0 Å². The molecule has 2 fully saturated rings. The summed E-state index contributed by atoms with van der Waals surface area (Å²) in [4.78, 5) is 5.08. The summed E-state index contributed by atoms with van der Waals surface area (Å²) in [5.74, 6) is 0. The first-order chi connectivity index (χ1) is 8.95. The molecule has 0 aromatic heterocycles. The van der Waals surface area contributed by atoms with Crippen molar-refractivity contribution in [2.24, 2.45) is 5.73 Å². The maximum Gasteiger partial charge on any atom is 0.0777 e. The van der Waals surface area contributed by atoms with Gasteiger partial charge in [-0.2, -0.15) is 0 Å². The quantitative estimate of drug-likeness (QED) is 0.838. The van der Waals surface area contributed by atoms with Gasteiger partial charge in [0.2, 0.25) is 0 Å². The number of ether oxygens (including phenoxy) is 1. The van der Waals surface area contributed by atoms with Crippen LogP contribution in [0.25, 0.3) is 0 Å². The van der Waals surface area contributed by atoms with Crippen LogP contribution in [0.1, 0.15) is 39.5 Å². The monoisotopic (exact) mass is 269 g/mol. The minimum Gasteiger partial charge on any atom is -0.377 e. The molecular formula is C15H31N3O. The number of hydrogen-bond acceptors (Lipinski definition) is 4. The van der Waals surface area contributed by atoms with Crippen LogP contribution in [0, 0.1) is 0 Å². The Hall–Kier alpha value is -0.160. The molecule has 0 radical (unpaired) electrons. The van der Waals surface area contributed by atoms with Crippen molar-refractivity contribution in [1.82, 2.24) is 9.80 Å². The van der Waals surface area contributed by atoms with Gasteiger partial charge in [0, 0.05) is 31.8 Å². The number of nitrogens with two attached hydrogens (primary N) is 1. The van der Waals surface area contributed by atoms with Crippen molar-refractivity contribution in [3.8, 4) is 0 Å². The van der Waals surface area contributed by atoms with Crippen molar-refractivity contribution < 1.29 is 4.74 Å². The summed E-state index contributed by atoms with van der Waals surface area (Å²) in [6, 6.07) is 0.619. The van der Waals surface area contributed by atoms with Crippen LogP contribution < -0.4 is 5.73 Å². The fourth-order valence-corrected chi connectivity index (χ4v) is 3.79. The van der Waals surface area contributed by atoms with Crippen molar-refractivity contribution in [1.29, 1.82) is 0 Å². The molecule has 0 amide bonds. The van der Waals surface area contributed by atoms with E-state index in [4.69, 9.17) is 10.5 Å². The zero-order valence-electron chi connectivity index (χ0n) is 13.1. The zero-order chi connectivity index (χ0) is 14.1. The smallest absolute Gasteiger partial charge is 0.0777 e. The van der Waals surface area contributed by atoms with Crippen molar-refractivity contribution >= 4 is 0 Å². The molecule has 0 aromatic carbocycles. The molecule has 2 rings (SSSR count). The Labute approximate surface area is 118 Å². The van der Waals surface area contributed by atoms with E-state index in [9.17, 15) is 0 Å². The van der Waals surface area contributed by atoms with Gasteiger partial charge in [-0.1, -0.05) is 0 Å². The lowest BCUT2D eigenvalue weighted by atomic mass is 9.79. The highest BCUT2D eigenvalue weighted by Crippen LogP contribution is 2.36. The maximum atomic E-state index is 6.21. The van der Waals surface area contributed by atoms with Crippen LogP contribution >= 0.6 is 0 Å². The zero-order valence-corrected chi connectivity index (χ0v) is 13.1. The predicted molar refractivity (Wildman–Crippen MR) is 79.3 cm³/mol. The molecule has 3 unspecified atom stereocenters. The molecule has 0 saturated carbocycles. The number of piperidine rings is 2. The Morgan fingerprint density at radius 2 is 2.05 bits per heavy atom. The van der Waals surface area contributed by atoms with E-state index in [1.54, 1.807) is 0 Å². The fraction of sp³-hybridized carbons (Fsp3) is 1.00. The summed E-state index contributed by atoms with van der Waals surface area (Å²) in [6.07, 6.45) is 4.75. The van der Waals surface area contributed by atoms with Gasteiger partial charge in [0.15, 0.2) is 0 Å². The molecule has 112 valence electrons. The number of hydrogen-bond donors (Lipinski definition) is 1. The summed E-state index contributed by atoms with van der Waals surface area (Å²) in [6.45, 7) is 8.68. The van der Waals surface area contributed by atoms with Crippen LogP contribution in [-0.4, -0.2) is 67.3 Å². The van der Waals surface area contributed by atoms with Gasteiger partial charge >= 0.3 is 0 Å². The van der Waals surface area contributed by atoms with E-state index >= 15 is 0 Å². The first kappa shape index (κ1) is 15.2. The minimum absolute atomic E-state index is 0.00695. The van der Waals surface area contributed by atoms with Gasteiger partial charge in [0.05, 0.1) is 5.60 Å². The number of likely N-dealkylation sites (tertiary alicyclic amines) is 2. The third kappa shape index (κ3) is 2.97. The molecule has 0 spiro atoms. The van der Waals surface area contributed by atoms with Crippen LogP contribution in [-0.2, 0) is 4.74 Å². The van der Waals surface area contributed by atoms with Crippen LogP contribution in [0.2, 0.25) is 0 Å². The van der Waals surface area contributed by atoms with Crippen LogP contribution in [0.5, 0.6) is 0 Å². The highest BCUT2D eigenvalue weighted by Gasteiger charge is 2.44. The van der Waals surface area contributed by atoms with Gasteiger partial charge in [0.1, 0.15) is 0 Å². The van der Waals surface area contributed by atoms with E-state index in [2.05, 4.69) is 30.7 Å². The van der Waals surface area contributed by atoms with E-state index in [-0.39, 0.29) is 11.1 Å². The lowest BCUT2D eigenvalue weighted by Gasteiger charge is -2.54. The Kier molecular flexibility index (Phi) is 4.56. The van der Waals surface area contributed by atoms with Gasteiger partial charge in [-0.05, 0) is 59.7 Å². The summed E-state index contributed by atoms with van der Waals surface area (Å²) < 4.78 is 5.74. The summed E-state index contributed by atoms with van der Waals surface area (Å²) in [7, 11) is 4.07. The van der Waals surface area contributed by atoms with Gasteiger partial charge in [-0.25, -0.2) is 0 Å². The topological polar surface area (TPSA) is 41.7 Å². The number of rotatable bonds is 3. The molecule has 19 heavy (non-hydrogen) atoms. The number of nitrogens with zero attached hydrogens (tertiary/aromatic N) is 2. The standard InChI is InChI=1S/C15H31N3O/c1-13-10-15(11-16,7-9-17(13)3)18-8-5-6-14(2,12-18)19-4/h13H,5-12,16H2,1-4H3. The lowest BCUT2D eigenvalue weighted by Crippen LogP contribution is -2.65. The van der Waals surface area contributed by atoms with E-state index in [0.717, 1.165) is 26.1 Å². The fourth-order valence-electron chi connectivity index (χ4n) is 3.79. The molecule has 2 aliphatic heterocycles. The Balaban J connectivity index is 2.12. The first-order valence-electron chi connectivity index (χ1n) is 7.65. The molecule has 2 saturated heterocycles. The Morgan fingerprint density at radius 3 is 2.63 bits per heavy atom. The normalized spacial score (nSPS) is 42.5. The second-order valence-electron chi connectivity index (χ2n) is 6.89. The summed E-state index contributed by atoms with van der Waals surface area (Å²) >= 11 is 0. The largest absolute Gasteiger partial charge is 0.377 e. The van der Waals surface area contributed by atoms with E-state index in [1.807, 2.05) is 7.11 Å². The third-order valence-corrected chi connectivity index (χ3v) is 5.56. The molecule has 0 aliphatic carbocycles. The van der Waals surface area contributed by atoms with E-state index in [0.29, 0.717) is 6.04 Å². The second kappa shape index (κ2) is 5.68. The first-order valence-corrected chi connectivity index (χ1v) is 7.65. The molecular weight excluding hydrogens is 238 g/mol. The van der Waals surface area contributed by atoms with Crippen molar-refractivity contribution in [2.75, 3.05) is 40.3 Å². The SMILES string of the molecule is COC1(C)CCCN(C2(CN)CCN(C)C(C)C2)C1. The summed E-state index contributed by atoms with van der Waals surface area (Å²) in [5.41, 5.74) is 6.40. The van der Waals surface area contributed by atoms with E-state index in [1.165, 1.54) is 25.8 Å². The van der Waals surface area contributed by atoms with Gasteiger partial charge in [-0.3, -0.25) is 4.90 Å². The van der Waals surface area contributed by atoms with Crippen LogP contribution in [0.3, 0.4) is 0 Å². The second-order valence-corrected chi connectivity index (χ2v) is 6.89. The Morgan fingerprint density at radius 1 is 1.32 bits per heavy atom. The van der Waals surface area contributed by atoms with E-state index < -0.39 is 0 Å². The molecule has 3 atom stereocenters. The van der Waals surface area contributed by atoms with Crippen LogP contribution in [0.15, 0.2) is 0 Å². The van der Waals surface area contributed by atoms with Crippen molar-refractivity contribution in [3.05, 3.63) is 0 Å². The Bertz CT molecular complexity index is 312.